The monoisotopic (exact) mass is 507 g/mol. The molecule has 0 aliphatic rings. The summed E-state index contributed by atoms with van der Waals surface area (Å²) in [5, 5.41) is 23.4. The minimum atomic E-state index is -3.11. The third kappa shape index (κ3) is 8.28. The fourth-order valence-electron chi connectivity index (χ4n) is 2.64. The van der Waals surface area contributed by atoms with Crippen molar-refractivity contribution in [2.24, 2.45) is 0 Å². The summed E-state index contributed by atoms with van der Waals surface area (Å²) in [6.07, 6.45) is 2.93. The molecule has 0 saturated heterocycles. The number of amides is 1. The Morgan fingerprint density at radius 2 is 1.85 bits per heavy atom. The highest BCUT2D eigenvalue weighted by Crippen LogP contribution is 2.32. The van der Waals surface area contributed by atoms with Gasteiger partial charge in [0.2, 0.25) is 0 Å². The van der Waals surface area contributed by atoms with E-state index in [1.54, 1.807) is 0 Å². The van der Waals surface area contributed by atoms with E-state index in [4.69, 9.17) is 38.2 Å². The van der Waals surface area contributed by atoms with Crippen molar-refractivity contribution in [1.82, 2.24) is 10.3 Å². The highest BCUT2D eigenvalue weighted by atomic mass is 35.5. The highest BCUT2D eigenvalue weighted by molar-refractivity contribution is 6.39. The van der Waals surface area contributed by atoms with Crippen LogP contribution in [0.4, 0.5) is 14.5 Å². The number of carboxylic acids is 1. The molecule has 1 heterocycles. The lowest BCUT2D eigenvalue weighted by molar-refractivity contribution is -0.139. The van der Waals surface area contributed by atoms with Crippen LogP contribution in [-0.4, -0.2) is 59.5 Å². The molecule has 13 heteroatoms. The summed E-state index contributed by atoms with van der Waals surface area (Å²) in [6.45, 7) is -3.18. The third-order valence-corrected chi connectivity index (χ3v) is 4.77. The average Bonchev–Trinajstić information content (AvgIpc) is 2.75. The number of pyridine rings is 1. The molecule has 0 aliphatic heterocycles. The Kier molecular flexibility index (Phi) is 10.5. The van der Waals surface area contributed by atoms with E-state index in [9.17, 15) is 18.4 Å². The molecule has 1 aromatic heterocycles. The minimum absolute atomic E-state index is 0.00510. The SMILES string of the molecule is O=C(Nc1c(Cl)cncc1Cl)c1ccc(OC(F)F)c(OCCCN[C@@H](CCO)C(=O)O)c1. The van der Waals surface area contributed by atoms with Gasteiger partial charge in [-0.15, -0.1) is 0 Å². The van der Waals surface area contributed by atoms with Gasteiger partial charge in [-0.1, -0.05) is 23.2 Å². The number of aliphatic carboxylic acids is 1. The molecule has 0 fully saturated rings. The number of benzene rings is 1. The van der Waals surface area contributed by atoms with E-state index in [1.165, 1.54) is 24.5 Å². The Balaban J connectivity index is 2.06. The number of carboxylic acid groups (broad SMARTS) is 1. The maximum atomic E-state index is 12.7. The molecule has 0 saturated carbocycles. The fourth-order valence-corrected chi connectivity index (χ4v) is 3.10. The number of alkyl halides is 2. The number of carbonyl (C=O) groups excluding carboxylic acids is 1. The molecule has 33 heavy (non-hydrogen) atoms. The highest BCUT2D eigenvalue weighted by Gasteiger charge is 2.18. The zero-order valence-corrected chi connectivity index (χ0v) is 18.6. The van der Waals surface area contributed by atoms with Gasteiger partial charge in [-0.05, 0) is 37.6 Å². The number of hydrogen-bond acceptors (Lipinski definition) is 7. The number of nitrogens with zero attached hydrogens (tertiary/aromatic N) is 1. The second-order valence-corrected chi connectivity index (χ2v) is 7.35. The van der Waals surface area contributed by atoms with Crippen LogP contribution in [0.2, 0.25) is 10.0 Å². The van der Waals surface area contributed by atoms with Gasteiger partial charge < -0.3 is 30.3 Å². The summed E-state index contributed by atoms with van der Waals surface area (Å²) in [7, 11) is 0. The van der Waals surface area contributed by atoms with Gasteiger partial charge in [-0.2, -0.15) is 8.78 Å². The maximum Gasteiger partial charge on any atom is 0.387 e. The lowest BCUT2D eigenvalue weighted by Gasteiger charge is -2.15. The molecule has 1 atom stereocenters. The van der Waals surface area contributed by atoms with Crippen LogP contribution >= 0.6 is 23.2 Å². The van der Waals surface area contributed by atoms with Crippen LogP contribution < -0.4 is 20.1 Å². The van der Waals surface area contributed by atoms with Crippen molar-refractivity contribution in [2.75, 3.05) is 25.1 Å². The van der Waals surface area contributed by atoms with Crippen molar-refractivity contribution in [3.63, 3.8) is 0 Å². The first-order valence-electron chi connectivity index (χ1n) is 9.62. The van der Waals surface area contributed by atoms with Crippen LogP contribution in [0, 0.1) is 0 Å². The van der Waals surface area contributed by atoms with Crippen LogP contribution in [-0.2, 0) is 4.79 Å². The van der Waals surface area contributed by atoms with Crippen molar-refractivity contribution in [2.45, 2.75) is 25.5 Å². The van der Waals surface area contributed by atoms with Gasteiger partial charge in [0.25, 0.3) is 5.91 Å². The molecule has 0 unspecified atom stereocenters. The molecule has 0 spiro atoms. The van der Waals surface area contributed by atoms with E-state index < -0.39 is 24.5 Å². The summed E-state index contributed by atoms with van der Waals surface area (Å²) in [5.41, 5.74) is 0.193. The predicted octanol–water partition coefficient (Wildman–Crippen LogP) is 3.44. The second kappa shape index (κ2) is 13.1. The molecule has 9 nitrogen and oxygen atoms in total. The van der Waals surface area contributed by atoms with Gasteiger partial charge >= 0.3 is 12.6 Å². The Morgan fingerprint density at radius 3 is 2.45 bits per heavy atom. The minimum Gasteiger partial charge on any atom is -0.490 e. The number of hydrogen-bond donors (Lipinski definition) is 4. The Labute approximate surface area is 197 Å². The number of anilines is 1. The number of aliphatic hydroxyl groups excluding tert-OH is 1. The van der Waals surface area contributed by atoms with Gasteiger partial charge in [0, 0.05) is 24.6 Å². The van der Waals surface area contributed by atoms with Crippen LogP contribution in [0.3, 0.4) is 0 Å². The number of aliphatic hydroxyl groups is 1. The van der Waals surface area contributed by atoms with E-state index in [0.29, 0.717) is 6.42 Å². The first-order chi connectivity index (χ1) is 15.7. The van der Waals surface area contributed by atoms with Gasteiger partial charge in [-0.25, -0.2) is 0 Å². The Morgan fingerprint density at radius 1 is 1.15 bits per heavy atom. The first kappa shape index (κ1) is 26.5. The average molecular weight is 508 g/mol. The molecule has 2 rings (SSSR count). The molecule has 180 valence electrons. The molecule has 2 aromatic rings. The number of nitrogens with one attached hydrogen (secondary N) is 2. The van der Waals surface area contributed by atoms with E-state index >= 15 is 0 Å². The number of ether oxygens (including phenoxy) is 2. The van der Waals surface area contributed by atoms with E-state index in [-0.39, 0.29) is 59.0 Å². The fraction of sp³-hybridized carbons (Fsp3) is 0.350. The molecule has 0 radical (unpaired) electrons. The van der Waals surface area contributed by atoms with Crippen molar-refractivity contribution < 1.29 is 38.1 Å². The molecule has 0 bridgehead atoms. The first-order valence-corrected chi connectivity index (χ1v) is 10.4. The number of carbonyl (C=O) groups is 2. The predicted molar refractivity (Wildman–Crippen MR) is 117 cm³/mol. The third-order valence-electron chi connectivity index (χ3n) is 4.20. The Hall–Kier alpha value is -2.73. The molecule has 1 aromatic carbocycles. The van der Waals surface area contributed by atoms with Gasteiger partial charge in [-0.3, -0.25) is 14.6 Å². The number of aromatic nitrogens is 1. The van der Waals surface area contributed by atoms with Crippen molar-refractivity contribution in [3.05, 3.63) is 46.2 Å². The molecular formula is C20H21Cl2F2N3O6. The lowest BCUT2D eigenvalue weighted by atomic mass is 10.2. The summed E-state index contributed by atoms with van der Waals surface area (Å²) in [5.74, 6) is -2.13. The smallest absolute Gasteiger partial charge is 0.387 e. The van der Waals surface area contributed by atoms with Crippen molar-refractivity contribution >= 4 is 40.8 Å². The second-order valence-electron chi connectivity index (χ2n) is 6.53. The standard InChI is InChI=1S/C20H21Cl2F2N3O6/c21-12-9-25-10-13(22)17(12)27-18(29)11-2-3-15(33-20(23)24)16(8-11)32-7-1-5-26-14(4-6-28)19(30)31/h2-3,8-10,14,20,26,28H,1,4-7H2,(H,30,31)(H,25,27,29)/t14-/m0/s1. The summed E-state index contributed by atoms with van der Waals surface area (Å²) in [4.78, 5) is 27.4. The lowest BCUT2D eigenvalue weighted by Crippen LogP contribution is -2.38. The molecule has 0 aliphatic carbocycles. The summed E-state index contributed by atoms with van der Waals surface area (Å²) < 4.78 is 35.4. The summed E-state index contributed by atoms with van der Waals surface area (Å²) in [6, 6.07) is 2.71. The van der Waals surface area contributed by atoms with Crippen LogP contribution in [0.15, 0.2) is 30.6 Å². The zero-order valence-electron chi connectivity index (χ0n) is 17.1. The quantitative estimate of drug-likeness (QED) is 0.303. The van der Waals surface area contributed by atoms with Gasteiger partial charge in [0.1, 0.15) is 6.04 Å². The van der Waals surface area contributed by atoms with Gasteiger partial charge in [0.05, 0.1) is 22.3 Å². The van der Waals surface area contributed by atoms with Crippen LogP contribution in [0.1, 0.15) is 23.2 Å². The maximum absolute atomic E-state index is 12.7. The molecule has 4 N–H and O–H groups in total. The zero-order chi connectivity index (χ0) is 24.4. The van der Waals surface area contributed by atoms with E-state index in [2.05, 4.69) is 20.4 Å². The van der Waals surface area contributed by atoms with Crippen molar-refractivity contribution in [3.8, 4) is 11.5 Å². The van der Waals surface area contributed by atoms with Crippen LogP contribution in [0.25, 0.3) is 0 Å². The van der Waals surface area contributed by atoms with Gasteiger partial charge in [0.15, 0.2) is 11.5 Å². The number of rotatable bonds is 13. The normalized spacial score (nSPS) is 11.8. The largest absolute Gasteiger partial charge is 0.490 e. The topological polar surface area (TPSA) is 130 Å². The molecular weight excluding hydrogens is 487 g/mol. The van der Waals surface area contributed by atoms with E-state index in [0.717, 1.165) is 6.07 Å². The van der Waals surface area contributed by atoms with Crippen LogP contribution in [0.5, 0.6) is 11.5 Å². The van der Waals surface area contributed by atoms with E-state index in [1.807, 2.05) is 0 Å². The molecule has 1 amide bonds. The Bertz CT molecular complexity index is 947. The summed E-state index contributed by atoms with van der Waals surface area (Å²) >= 11 is 12.0. The number of halogens is 4. The van der Waals surface area contributed by atoms with Crippen molar-refractivity contribution in [1.29, 1.82) is 0 Å².